The van der Waals surface area contributed by atoms with Crippen molar-refractivity contribution in [2.45, 2.75) is 10.1 Å². The lowest BCUT2D eigenvalue weighted by Crippen LogP contribution is -2.33. The molecule has 0 amide bonds. The lowest BCUT2D eigenvalue weighted by Gasteiger charge is -2.21. The van der Waals surface area contributed by atoms with Gasteiger partial charge in [-0.25, -0.2) is 13.1 Å². The number of nitrogens with one attached hydrogen (secondary N) is 1. The highest BCUT2D eigenvalue weighted by atomic mass is 32.2. The third-order valence-corrected chi connectivity index (χ3v) is 7.21. The Bertz CT molecular complexity index is 630. The van der Waals surface area contributed by atoms with Crippen LogP contribution in [0.2, 0.25) is 0 Å². The number of rotatable bonds is 5. The largest absolute Gasteiger partial charge is 0.398 e. The molecule has 7 nitrogen and oxygen atoms in total. The van der Waals surface area contributed by atoms with Crippen LogP contribution in [0.4, 0.5) is 11.4 Å². The van der Waals surface area contributed by atoms with Crippen molar-refractivity contribution in [1.82, 2.24) is 4.72 Å². The molecule has 1 atom stereocenters. The van der Waals surface area contributed by atoms with Gasteiger partial charge in [0.15, 0.2) is 0 Å². The maximum Gasteiger partial charge on any atom is 0.270 e. The highest BCUT2D eigenvalue weighted by Crippen LogP contribution is 2.26. The summed E-state index contributed by atoms with van der Waals surface area (Å²) in [6.07, 6.45) is 0. The Kier molecular flexibility index (Phi) is 5.36. The summed E-state index contributed by atoms with van der Waals surface area (Å²) in [6, 6.07) is 3.40. The Balaban J connectivity index is 2.14. The van der Waals surface area contributed by atoms with Crippen LogP contribution in [0.25, 0.3) is 0 Å². The predicted octanol–water partition coefficient (Wildman–Crippen LogP) is 1.30. The molecule has 0 aliphatic carbocycles. The first-order chi connectivity index (χ1) is 9.90. The second-order valence-electron chi connectivity index (χ2n) is 4.40. The van der Waals surface area contributed by atoms with Crippen LogP contribution in [0.5, 0.6) is 0 Å². The predicted molar refractivity (Wildman–Crippen MR) is 86.3 cm³/mol. The molecule has 1 heterocycles. The van der Waals surface area contributed by atoms with Crippen LogP contribution >= 0.6 is 23.5 Å². The van der Waals surface area contributed by atoms with Crippen LogP contribution in [0.3, 0.4) is 0 Å². The van der Waals surface area contributed by atoms with E-state index in [1.807, 2.05) is 0 Å². The first-order valence-corrected chi connectivity index (χ1v) is 9.82. The van der Waals surface area contributed by atoms with Gasteiger partial charge in [0.2, 0.25) is 10.0 Å². The number of nitro benzene ring substituents is 1. The van der Waals surface area contributed by atoms with Crippen molar-refractivity contribution >= 4 is 44.9 Å². The average molecular weight is 349 g/mol. The van der Waals surface area contributed by atoms with Crippen molar-refractivity contribution in [2.75, 3.05) is 29.5 Å². The maximum atomic E-state index is 12.2. The van der Waals surface area contributed by atoms with Gasteiger partial charge < -0.3 is 5.73 Å². The normalized spacial score (nSPS) is 19.3. The number of hydrogen-bond acceptors (Lipinski definition) is 7. The summed E-state index contributed by atoms with van der Waals surface area (Å²) in [6.45, 7) is 0.294. The molecule has 3 N–H and O–H groups in total. The van der Waals surface area contributed by atoms with Crippen LogP contribution in [0, 0.1) is 10.1 Å². The molecule has 1 saturated heterocycles. The molecular weight excluding hydrogens is 334 g/mol. The van der Waals surface area contributed by atoms with Gasteiger partial charge in [0.25, 0.3) is 5.69 Å². The fraction of sp³-hybridized carbons (Fsp3) is 0.455. The molecular formula is C11H15N3O4S3. The fourth-order valence-electron chi connectivity index (χ4n) is 1.80. The minimum atomic E-state index is -3.85. The summed E-state index contributed by atoms with van der Waals surface area (Å²) in [5.41, 5.74) is 5.33. The molecule has 1 aromatic rings. The Labute approximate surface area is 131 Å². The number of non-ortho nitro benzene ring substituents is 1. The van der Waals surface area contributed by atoms with Gasteiger partial charge in [-0.3, -0.25) is 10.1 Å². The minimum Gasteiger partial charge on any atom is -0.398 e. The van der Waals surface area contributed by atoms with Crippen molar-refractivity contribution in [1.29, 1.82) is 0 Å². The summed E-state index contributed by atoms with van der Waals surface area (Å²) in [5.74, 6) is 2.96. The molecule has 0 aromatic heterocycles. The summed E-state index contributed by atoms with van der Waals surface area (Å²) in [7, 11) is -3.85. The Morgan fingerprint density at radius 1 is 1.43 bits per heavy atom. The molecule has 21 heavy (non-hydrogen) atoms. The van der Waals surface area contributed by atoms with E-state index in [0.717, 1.165) is 23.3 Å². The number of nitrogens with two attached hydrogens (primary N) is 1. The molecule has 1 unspecified atom stereocenters. The number of anilines is 1. The van der Waals surface area contributed by atoms with Crippen LogP contribution < -0.4 is 10.5 Å². The Morgan fingerprint density at radius 3 is 2.81 bits per heavy atom. The van der Waals surface area contributed by atoms with Crippen LogP contribution in [0.15, 0.2) is 23.1 Å². The van der Waals surface area contributed by atoms with E-state index in [4.69, 9.17) is 5.73 Å². The lowest BCUT2D eigenvalue weighted by atomic mass is 10.3. The van der Waals surface area contributed by atoms with E-state index < -0.39 is 14.9 Å². The van der Waals surface area contributed by atoms with E-state index in [0.29, 0.717) is 6.54 Å². The average Bonchev–Trinajstić information content (AvgIpc) is 2.46. The third-order valence-electron chi connectivity index (χ3n) is 2.88. The van der Waals surface area contributed by atoms with Gasteiger partial charge in [-0.15, -0.1) is 0 Å². The zero-order valence-corrected chi connectivity index (χ0v) is 13.5. The fourth-order valence-corrected chi connectivity index (χ4v) is 5.75. The molecule has 2 rings (SSSR count). The number of hydrogen-bond donors (Lipinski definition) is 2. The van der Waals surface area contributed by atoms with E-state index in [9.17, 15) is 18.5 Å². The van der Waals surface area contributed by atoms with E-state index in [2.05, 4.69) is 4.72 Å². The van der Waals surface area contributed by atoms with Crippen molar-refractivity contribution < 1.29 is 13.3 Å². The number of sulfonamides is 1. The van der Waals surface area contributed by atoms with Gasteiger partial charge in [-0.05, 0) is 6.07 Å². The SMILES string of the molecule is Nc1ccc([N+](=O)[O-])cc1S(=O)(=O)NCC1CSCCS1. The van der Waals surface area contributed by atoms with Gasteiger partial charge >= 0.3 is 0 Å². The summed E-state index contributed by atoms with van der Waals surface area (Å²) in [4.78, 5) is 9.85. The molecule has 1 fully saturated rings. The second-order valence-corrected chi connectivity index (χ2v) is 8.69. The standard InChI is InChI=1S/C11H15N3O4S3/c12-10-2-1-8(14(15)16)5-11(10)21(17,18)13-6-9-7-19-3-4-20-9/h1-2,5,9,13H,3-4,6-7,12H2. The number of nitrogen functional groups attached to an aromatic ring is 1. The van der Waals surface area contributed by atoms with E-state index >= 15 is 0 Å². The summed E-state index contributed by atoms with van der Waals surface area (Å²) in [5, 5.41) is 10.9. The highest BCUT2D eigenvalue weighted by molar-refractivity contribution is 8.06. The van der Waals surface area contributed by atoms with Gasteiger partial charge in [0.1, 0.15) is 4.90 Å². The topological polar surface area (TPSA) is 115 Å². The zero-order chi connectivity index (χ0) is 15.5. The molecule has 116 valence electrons. The monoisotopic (exact) mass is 349 g/mol. The van der Waals surface area contributed by atoms with E-state index in [1.165, 1.54) is 12.1 Å². The molecule has 1 aromatic carbocycles. The van der Waals surface area contributed by atoms with Gasteiger partial charge in [0.05, 0.1) is 10.6 Å². The summed E-state index contributed by atoms with van der Waals surface area (Å²) >= 11 is 3.51. The zero-order valence-electron chi connectivity index (χ0n) is 11.0. The quantitative estimate of drug-likeness (QED) is 0.468. The third kappa shape index (κ3) is 4.25. The highest BCUT2D eigenvalue weighted by Gasteiger charge is 2.23. The number of nitrogens with zero attached hydrogens (tertiary/aromatic N) is 1. The molecule has 1 aliphatic rings. The van der Waals surface area contributed by atoms with Crippen LogP contribution in [-0.2, 0) is 10.0 Å². The van der Waals surface area contributed by atoms with Gasteiger partial charge in [-0.1, -0.05) is 0 Å². The molecule has 10 heteroatoms. The Morgan fingerprint density at radius 2 is 2.19 bits per heavy atom. The van der Waals surface area contributed by atoms with Crippen LogP contribution in [-0.4, -0.2) is 42.4 Å². The van der Waals surface area contributed by atoms with Crippen molar-refractivity contribution in [3.63, 3.8) is 0 Å². The molecule has 0 radical (unpaired) electrons. The van der Waals surface area contributed by atoms with Crippen LogP contribution in [0.1, 0.15) is 0 Å². The van der Waals surface area contributed by atoms with Gasteiger partial charge in [0, 0.05) is 41.2 Å². The first kappa shape index (κ1) is 16.4. The van der Waals surface area contributed by atoms with E-state index in [-0.39, 0.29) is 21.5 Å². The number of nitro groups is 1. The van der Waals surface area contributed by atoms with Crippen molar-refractivity contribution in [2.24, 2.45) is 0 Å². The van der Waals surface area contributed by atoms with Gasteiger partial charge in [-0.2, -0.15) is 23.5 Å². The second kappa shape index (κ2) is 6.86. The lowest BCUT2D eigenvalue weighted by molar-refractivity contribution is -0.385. The molecule has 0 spiro atoms. The molecule has 1 aliphatic heterocycles. The smallest absolute Gasteiger partial charge is 0.270 e. The maximum absolute atomic E-state index is 12.2. The summed E-state index contributed by atoms with van der Waals surface area (Å²) < 4.78 is 27.0. The Hall–Kier alpha value is -0.970. The number of thioether (sulfide) groups is 2. The molecule has 0 bridgehead atoms. The minimum absolute atomic E-state index is 0.00114. The van der Waals surface area contributed by atoms with Crippen molar-refractivity contribution in [3.8, 4) is 0 Å². The first-order valence-electron chi connectivity index (χ1n) is 6.13. The molecule has 0 saturated carbocycles. The number of benzene rings is 1. The van der Waals surface area contributed by atoms with Crippen molar-refractivity contribution in [3.05, 3.63) is 28.3 Å². The van der Waals surface area contributed by atoms with E-state index in [1.54, 1.807) is 23.5 Å².